The highest BCUT2D eigenvalue weighted by atomic mass is 35.5. The van der Waals surface area contributed by atoms with Crippen LogP contribution in [0.5, 0.6) is 0 Å². The van der Waals surface area contributed by atoms with Gasteiger partial charge in [-0.15, -0.1) is 0 Å². The van der Waals surface area contributed by atoms with Gasteiger partial charge in [-0.2, -0.15) is 0 Å². The fourth-order valence-corrected chi connectivity index (χ4v) is 2.17. The van der Waals surface area contributed by atoms with Crippen molar-refractivity contribution in [2.24, 2.45) is 0 Å². The SMILES string of the molecule is O=C(O)CCCCn1ccc2c(Cl)cccc21. The van der Waals surface area contributed by atoms with Gasteiger partial charge in [-0.25, -0.2) is 0 Å². The summed E-state index contributed by atoms with van der Waals surface area (Å²) in [4.78, 5) is 10.4. The molecule has 1 aromatic carbocycles. The van der Waals surface area contributed by atoms with Crippen molar-refractivity contribution in [1.29, 1.82) is 0 Å². The number of unbranched alkanes of at least 4 members (excludes halogenated alkanes) is 1. The second-order valence-electron chi connectivity index (χ2n) is 4.03. The van der Waals surface area contributed by atoms with Crippen molar-refractivity contribution in [3.05, 3.63) is 35.5 Å². The number of fused-ring (bicyclic) bond motifs is 1. The van der Waals surface area contributed by atoms with Crippen LogP contribution >= 0.6 is 11.6 Å². The standard InChI is InChI=1S/C13H14ClNO2/c14-11-4-3-5-12-10(11)7-9-15(12)8-2-1-6-13(16)17/h3-5,7,9H,1-2,6,8H2,(H,16,17). The summed E-state index contributed by atoms with van der Waals surface area (Å²) >= 11 is 6.08. The molecule has 0 fully saturated rings. The maximum absolute atomic E-state index is 10.4. The number of aliphatic carboxylic acids is 1. The molecule has 0 atom stereocenters. The molecule has 4 heteroatoms. The quantitative estimate of drug-likeness (QED) is 0.826. The molecule has 0 bridgehead atoms. The van der Waals surface area contributed by atoms with E-state index in [4.69, 9.17) is 16.7 Å². The summed E-state index contributed by atoms with van der Waals surface area (Å²) in [6.45, 7) is 0.830. The van der Waals surface area contributed by atoms with Gasteiger partial charge >= 0.3 is 5.97 Å². The van der Waals surface area contributed by atoms with Gasteiger partial charge in [0.05, 0.1) is 0 Å². The number of hydrogen-bond donors (Lipinski definition) is 1. The third kappa shape index (κ3) is 2.80. The van der Waals surface area contributed by atoms with Crippen molar-refractivity contribution in [2.45, 2.75) is 25.8 Å². The molecular weight excluding hydrogens is 238 g/mol. The number of carboxylic acids is 1. The number of benzene rings is 1. The topological polar surface area (TPSA) is 42.2 Å². The lowest BCUT2D eigenvalue weighted by molar-refractivity contribution is -0.137. The Bertz CT molecular complexity index is 533. The first-order valence-corrected chi connectivity index (χ1v) is 6.01. The molecule has 0 spiro atoms. The lowest BCUT2D eigenvalue weighted by Gasteiger charge is -2.04. The second kappa shape index (κ2) is 5.23. The number of aromatic nitrogens is 1. The van der Waals surface area contributed by atoms with Crippen molar-refractivity contribution in [3.8, 4) is 0 Å². The van der Waals surface area contributed by atoms with E-state index in [0.717, 1.165) is 28.9 Å². The molecule has 3 nitrogen and oxygen atoms in total. The minimum atomic E-state index is -0.731. The lowest BCUT2D eigenvalue weighted by Crippen LogP contribution is -1.99. The molecule has 0 saturated carbocycles. The maximum atomic E-state index is 10.4. The monoisotopic (exact) mass is 251 g/mol. The minimum absolute atomic E-state index is 0.236. The zero-order valence-electron chi connectivity index (χ0n) is 9.40. The van der Waals surface area contributed by atoms with Gasteiger partial charge in [-0.3, -0.25) is 4.79 Å². The molecule has 1 aromatic heterocycles. The van der Waals surface area contributed by atoms with Crippen molar-refractivity contribution >= 4 is 28.5 Å². The van der Waals surface area contributed by atoms with Crippen LogP contribution in [0.1, 0.15) is 19.3 Å². The van der Waals surface area contributed by atoms with E-state index in [2.05, 4.69) is 4.57 Å². The van der Waals surface area contributed by atoms with Gasteiger partial charge in [0, 0.05) is 35.1 Å². The van der Waals surface area contributed by atoms with Gasteiger partial charge in [-0.05, 0) is 31.0 Å². The van der Waals surface area contributed by atoms with E-state index in [0.29, 0.717) is 6.42 Å². The smallest absolute Gasteiger partial charge is 0.303 e. The Morgan fingerprint density at radius 3 is 2.88 bits per heavy atom. The third-order valence-corrected chi connectivity index (χ3v) is 3.13. The Morgan fingerprint density at radius 2 is 2.12 bits per heavy atom. The Morgan fingerprint density at radius 1 is 1.29 bits per heavy atom. The van der Waals surface area contributed by atoms with Gasteiger partial charge in [0.25, 0.3) is 0 Å². The Kier molecular flexibility index (Phi) is 3.69. The summed E-state index contributed by atoms with van der Waals surface area (Å²) in [6.07, 6.45) is 3.80. The molecule has 0 amide bonds. The van der Waals surface area contributed by atoms with E-state index in [1.807, 2.05) is 30.5 Å². The second-order valence-corrected chi connectivity index (χ2v) is 4.44. The van der Waals surface area contributed by atoms with E-state index in [1.165, 1.54) is 0 Å². The zero-order chi connectivity index (χ0) is 12.3. The minimum Gasteiger partial charge on any atom is -0.481 e. The lowest BCUT2D eigenvalue weighted by atomic mass is 10.2. The van der Waals surface area contributed by atoms with Crippen LogP contribution in [0.4, 0.5) is 0 Å². The van der Waals surface area contributed by atoms with E-state index >= 15 is 0 Å². The van der Waals surface area contributed by atoms with Crippen LogP contribution in [0.2, 0.25) is 5.02 Å². The molecule has 0 radical (unpaired) electrons. The zero-order valence-corrected chi connectivity index (χ0v) is 10.2. The summed E-state index contributed by atoms with van der Waals surface area (Å²) in [6, 6.07) is 7.82. The summed E-state index contributed by atoms with van der Waals surface area (Å²) in [7, 11) is 0. The molecule has 2 aromatic rings. The summed E-state index contributed by atoms with van der Waals surface area (Å²) in [5.74, 6) is -0.731. The van der Waals surface area contributed by atoms with Crippen LogP contribution in [-0.2, 0) is 11.3 Å². The molecule has 0 saturated heterocycles. The van der Waals surface area contributed by atoms with E-state index in [-0.39, 0.29) is 6.42 Å². The van der Waals surface area contributed by atoms with Gasteiger partial charge in [0.1, 0.15) is 0 Å². The summed E-state index contributed by atoms with van der Waals surface area (Å²) in [5, 5.41) is 10.4. The van der Waals surface area contributed by atoms with Gasteiger partial charge in [0.15, 0.2) is 0 Å². The molecule has 90 valence electrons. The van der Waals surface area contributed by atoms with Crippen LogP contribution in [0.3, 0.4) is 0 Å². The number of hydrogen-bond acceptors (Lipinski definition) is 1. The largest absolute Gasteiger partial charge is 0.481 e. The number of carbonyl (C=O) groups is 1. The van der Waals surface area contributed by atoms with Crippen molar-refractivity contribution in [3.63, 3.8) is 0 Å². The number of aryl methyl sites for hydroxylation is 1. The molecular formula is C13H14ClNO2. The summed E-state index contributed by atoms with van der Waals surface area (Å²) < 4.78 is 2.11. The van der Waals surface area contributed by atoms with Crippen LogP contribution < -0.4 is 0 Å². The van der Waals surface area contributed by atoms with Crippen LogP contribution in [0.25, 0.3) is 10.9 Å². The van der Waals surface area contributed by atoms with Crippen molar-refractivity contribution < 1.29 is 9.90 Å². The number of rotatable bonds is 5. The third-order valence-electron chi connectivity index (χ3n) is 2.80. The highest BCUT2D eigenvalue weighted by molar-refractivity contribution is 6.35. The van der Waals surface area contributed by atoms with Crippen LogP contribution in [0.15, 0.2) is 30.5 Å². The van der Waals surface area contributed by atoms with Crippen LogP contribution in [-0.4, -0.2) is 15.6 Å². The number of carboxylic acid groups (broad SMARTS) is 1. The molecule has 0 unspecified atom stereocenters. The number of halogens is 1. The Hall–Kier alpha value is -1.48. The molecule has 0 aliphatic heterocycles. The number of nitrogens with zero attached hydrogens (tertiary/aromatic N) is 1. The fourth-order valence-electron chi connectivity index (χ4n) is 1.94. The van der Waals surface area contributed by atoms with Gasteiger partial charge in [-0.1, -0.05) is 17.7 Å². The fraction of sp³-hybridized carbons (Fsp3) is 0.308. The first kappa shape index (κ1) is 12.0. The van der Waals surface area contributed by atoms with E-state index in [1.54, 1.807) is 0 Å². The van der Waals surface area contributed by atoms with Crippen molar-refractivity contribution in [2.75, 3.05) is 0 Å². The predicted octanol–water partition coefficient (Wildman–Crippen LogP) is 3.55. The summed E-state index contributed by atoms with van der Waals surface area (Å²) in [5.41, 5.74) is 1.10. The normalized spacial score (nSPS) is 10.9. The molecule has 1 heterocycles. The highest BCUT2D eigenvalue weighted by Crippen LogP contribution is 2.24. The Balaban J connectivity index is 2.04. The molecule has 0 aliphatic rings. The predicted molar refractivity (Wildman–Crippen MR) is 68.4 cm³/mol. The molecule has 1 N–H and O–H groups in total. The first-order valence-electron chi connectivity index (χ1n) is 5.63. The highest BCUT2D eigenvalue weighted by Gasteiger charge is 2.04. The van der Waals surface area contributed by atoms with Crippen molar-refractivity contribution in [1.82, 2.24) is 4.57 Å². The first-order chi connectivity index (χ1) is 8.18. The van der Waals surface area contributed by atoms with Crippen LogP contribution in [0, 0.1) is 0 Å². The molecule has 2 rings (SSSR count). The Labute approximate surface area is 105 Å². The average molecular weight is 252 g/mol. The average Bonchev–Trinajstić information content (AvgIpc) is 2.69. The van der Waals surface area contributed by atoms with Gasteiger partial charge < -0.3 is 9.67 Å². The van der Waals surface area contributed by atoms with E-state index < -0.39 is 5.97 Å². The van der Waals surface area contributed by atoms with E-state index in [9.17, 15) is 4.79 Å². The maximum Gasteiger partial charge on any atom is 0.303 e. The molecule has 0 aliphatic carbocycles. The molecule has 17 heavy (non-hydrogen) atoms. The van der Waals surface area contributed by atoms with Gasteiger partial charge in [0.2, 0.25) is 0 Å².